The van der Waals surface area contributed by atoms with E-state index in [1.165, 1.54) is 30.4 Å². The molecule has 1 heterocycles. The zero-order valence-corrected chi connectivity index (χ0v) is 11.9. The molecule has 1 aromatic rings. The molecule has 2 N–H and O–H groups in total. The molecule has 3 unspecified atom stereocenters. The Bertz CT molecular complexity index is 512. The number of hydrogen-bond donors (Lipinski definition) is 1. The fourth-order valence-electron chi connectivity index (χ4n) is 4.47. The van der Waals surface area contributed by atoms with Gasteiger partial charge >= 0.3 is 0 Å². The summed E-state index contributed by atoms with van der Waals surface area (Å²) in [4.78, 5) is 0. The molecule has 102 valence electrons. The monoisotopic (exact) mass is 257 g/mol. The second-order valence-corrected chi connectivity index (χ2v) is 7.27. The predicted molar refractivity (Wildman–Crippen MR) is 76.1 cm³/mol. The Morgan fingerprint density at radius 3 is 2.74 bits per heavy atom. The average Bonchev–Trinajstić information content (AvgIpc) is 2.71. The predicted octanol–water partition coefficient (Wildman–Crippen LogP) is 3.45. The van der Waals surface area contributed by atoms with Gasteiger partial charge in [-0.05, 0) is 61.6 Å². The number of benzene rings is 1. The molecule has 3 atom stereocenters. The van der Waals surface area contributed by atoms with Crippen LogP contribution in [0.1, 0.15) is 50.3 Å². The van der Waals surface area contributed by atoms with E-state index < -0.39 is 0 Å². The van der Waals surface area contributed by atoms with Crippen LogP contribution in [0.4, 0.5) is 0 Å². The Hall–Kier alpha value is -1.02. The van der Waals surface area contributed by atoms with Gasteiger partial charge in [0.1, 0.15) is 11.4 Å². The number of ether oxygens (including phenoxy) is 1. The van der Waals surface area contributed by atoms with E-state index in [1.54, 1.807) is 0 Å². The summed E-state index contributed by atoms with van der Waals surface area (Å²) in [6, 6.07) is 6.84. The van der Waals surface area contributed by atoms with E-state index in [2.05, 4.69) is 32.0 Å². The van der Waals surface area contributed by atoms with E-state index in [0.717, 1.165) is 29.9 Å². The molecule has 2 aliphatic carbocycles. The lowest BCUT2D eigenvalue weighted by Crippen LogP contribution is -2.24. The quantitative estimate of drug-likeness (QED) is 0.880. The second kappa shape index (κ2) is 3.76. The molecular formula is C17H23NO. The lowest BCUT2D eigenvalue weighted by Gasteiger charge is -2.16. The SMILES string of the molecule is CC1(C)Cc2cc(C(N)C3C4CCCC43)ccc2O1. The second-order valence-electron chi connectivity index (χ2n) is 7.27. The molecule has 0 bridgehead atoms. The van der Waals surface area contributed by atoms with Crippen LogP contribution in [0.3, 0.4) is 0 Å². The number of hydrogen-bond acceptors (Lipinski definition) is 2. The Kier molecular flexibility index (Phi) is 2.33. The summed E-state index contributed by atoms with van der Waals surface area (Å²) >= 11 is 0. The van der Waals surface area contributed by atoms with Gasteiger partial charge in [0, 0.05) is 12.5 Å². The summed E-state index contributed by atoms with van der Waals surface area (Å²) in [5.41, 5.74) is 9.11. The summed E-state index contributed by atoms with van der Waals surface area (Å²) in [5.74, 6) is 3.66. The van der Waals surface area contributed by atoms with Gasteiger partial charge in [-0.3, -0.25) is 0 Å². The summed E-state index contributed by atoms with van der Waals surface area (Å²) in [6.45, 7) is 4.30. The first-order valence-electron chi connectivity index (χ1n) is 7.63. The highest BCUT2D eigenvalue weighted by molar-refractivity contribution is 5.43. The van der Waals surface area contributed by atoms with Crippen LogP contribution in [0.15, 0.2) is 18.2 Å². The highest BCUT2D eigenvalue weighted by Crippen LogP contribution is 2.61. The van der Waals surface area contributed by atoms with Crippen LogP contribution in [-0.4, -0.2) is 5.60 Å². The maximum atomic E-state index is 6.51. The van der Waals surface area contributed by atoms with Gasteiger partial charge in [0.25, 0.3) is 0 Å². The van der Waals surface area contributed by atoms with Gasteiger partial charge in [-0.15, -0.1) is 0 Å². The molecule has 0 aromatic heterocycles. The molecule has 0 spiro atoms. The highest BCUT2D eigenvalue weighted by atomic mass is 16.5. The zero-order chi connectivity index (χ0) is 13.2. The maximum absolute atomic E-state index is 6.51. The van der Waals surface area contributed by atoms with Gasteiger partial charge in [0.2, 0.25) is 0 Å². The maximum Gasteiger partial charge on any atom is 0.123 e. The third-order valence-corrected chi connectivity index (χ3v) is 5.36. The first kappa shape index (κ1) is 11.8. The minimum atomic E-state index is -0.0544. The number of nitrogens with two attached hydrogens (primary N) is 1. The van der Waals surface area contributed by atoms with Crippen LogP contribution in [0.2, 0.25) is 0 Å². The summed E-state index contributed by atoms with van der Waals surface area (Å²) in [7, 11) is 0. The fourth-order valence-corrected chi connectivity index (χ4v) is 4.47. The molecule has 2 fully saturated rings. The van der Waals surface area contributed by atoms with Crippen LogP contribution in [-0.2, 0) is 6.42 Å². The molecule has 4 rings (SSSR count). The smallest absolute Gasteiger partial charge is 0.123 e. The van der Waals surface area contributed by atoms with Crippen molar-refractivity contribution in [2.45, 2.75) is 51.2 Å². The van der Waals surface area contributed by atoms with Crippen molar-refractivity contribution in [1.82, 2.24) is 0 Å². The van der Waals surface area contributed by atoms with Crippen LogP contribution in [0.5, 0.6) is 5.75 Å². The van der Waals surface area contributed by atoms with Gasteiger partial charge in [-0.1, -0.05) is 18.6 Å². The van der Waals surface area contributed by atoms with Crippen molar-refractivity contribution in [3.8, 4) is 5.75 Å². The van der Waals surface area contributed by atoms with Crippen LogP contribution in [0.25, 0.3) is 0 Å². The third-order valence-electron chi connectivity index (χ3n) is 5.36. The molecule has 1 aliphatic heterocycles. The van der Waals surface area contributed by atoms with E-state index in [4.69, 9.17) is 10.5 Å². The zero-order valence-electron chi connectivity index (χ0n) is 11.9. The van der Waals surface area contributed by atoms with Crippen molar-refractivity contribution < 1.29 is 4.74 Å². The van der Waals surface area contributed by atoms with E-state index in [9.17, 15) is 0 Å². The van der Waals surface area contributed by atoms with Gasteiger partial charge < -0.3 is 10.5 Å². The van der Waals surface area contributed by atoms with E-state index in [0.29, 0.717) is 0 Å². The van der Waals surface area contributed by atoms with E-state index in [-0.39, 0.29) is 11.6 Å². The van der Waals surface area contributed by atoms with Crippen molar-refractivity contribution in [3.05, 3.63) is 29.3 Å². The normalized spacial score (nSPS) is 35.4. The van der Waals surface area contributed by atoms with Crippen LogP contribution >= 0.6 is 0 Å². The number of fused-ring (bicyclic) bond motifs is 2. The van der Waals surface area contributed by atoms with Gasteiger partial charge in [0.15, 0.2) is 0 Å². The fraction of sp³-hybridized carbons (Fsp3) is 0.647. The minimum Gasteiger partial charge on any atom is -0.487 e. The number of rotatable bonds is 2. The standard InChI is InChI=1S/C17H23NO/c1-17(2)9-11-8-10(6-7-14(11)19-17)16(18)15-12-4-3-5-13(12)15/h6-8,12-13,15-16H,3-5,9,18H2,1-2H3. The average molecular weight is 257 g/mol. The van der Waals surface area contributed by atoms with Crippen molar-refractivity contribution in [2.75, 3.05) is 0 Å². The van der Waals surface area contributed by atoms with E-state index >= 15 is 0 Å². The summed E-state index contributed by atoms with van der Waals surface area (Å²) < 4.78 is 5.94. The molecule has 1 aromatic carbocycles. The molecule has 3 aliphatic rings. The summed E-state index contributed by atoms with van der Waals surface area (Å²) in [5, 5.41) is 0. The lowest BCUT2D eigenvalue weighted by atomic mass is 9.94. The lowest BCUT2D eigenvalue weighted by molar-refractivity contribution is 0.138. The molecule has 2 heteroatoms. The first-order valence-corrected chi connectivity index (χ1v) is 7.63. The van der Waals surface area contributed by atoms with Gasteiger partial charge in [-0.25, -0.2) is 0 Å². The molecular weight excluding hydrogens is 234 g/mol. The molecule has 2 saturated carbocycles. The van der Waals surface area contributed by atoms with Gasteiger partial charge in [-0.2, -0.15) is 0 Å². The van der Waals surface area contributed by atoms with Crippen molar-refractivity contribution in [3.63, 3.8) is 0 Å². The van der Waals surface area contributed by atoms with Gasteiger partial charge in [0.05, 0.1) is 0 Å². The highest BCUT2D eigenvalue weighted by Gasteiger charge is 2.55. The molecule has 0 radical (unpaired) electrons. The molecule has 19 heavy (non-hydrogen) atoms. The topological polar surface area (TPSA) is 35.2 Å². The third kappa shape index (κ3) is 1.80. The molecule has 0 amide bonds. The summed E-state index contributed by atoms with van der Waals surface area (Å²) in [6.07, 6.45) is 5.24. The largest absolute Gasteiger partial charge is 0.487 e. The minimum absolute atomic E-state index is 0.0544. The van der Waals surface area contributed by atoms with Crippen LogP contribution in [0, 0.1) is 17.8 Å². The van der Waals surface area contributed by atoms with E-state index in [1.807, 2.05) is 0 Å². The Morgan fingerprint density at radius 1 is 1.26 bits per heavy atom. The van der Waals surface area contributed by atoms with Crippen LogP contribution < -0.4 is 10.5 Å². The first-order chi connectivity index (χ1) is 9.05. The molecule has 2 nitrogen and oxygen atoms in total. The van der Waals surface area contributed by atoms with Crippen molar-refractivity contribution in [1.29, 1.82) is 0 Å². The van der Waals surface area contributed by atoms with Crippen molar-refractivity contribution >= 4 is 0 Å². The Labute approximate surface area is 115 Å². The molecule has 0 saturated heterocycles. The Morgan fingerprint density at radius 2 is 2.00 bits per heavy atom. The Balaban J connectivity index is 1.57. The van der Waals surface area contributed by atoms with Crippen molar-refractivity contribution in [2.24, 2.45) is 23.5 Å².